The van der Waals surface area contributed by atoms with Crippen molar-refractivity contribution in [2.45, 2.75) is 64.1 Å². The van der Waals surface area contributed by atoms with Gasteiger partial charge in [0.2, 0.25) is 11.8 Å². The lowest BCUT2D eigenvalue weighted by atomic mass is 10.1. The van der Waals surface area contributed by atoms with Crippen LogP contribution >= 0.6 is 27.5 Å². The molecule has 2 amide bonds. The van der Waals surface area contributed by atoms with E-state index in [0.29, 0.717) is 22.7 Å². The summed E-state index contributed by atoms with van der Waals surface area (Å²) in [5.74, 6) is -0.821. The fourth-order valence-electron chi connectivity index (χ4n) is 4.14. The molecular weight excluding hydrogens is 614 g/mol. The zero-order valence-electron chi connectivity index (χ0n) is 23.1. The van der Waals surface area contributed by atoms with Gasteiger partial charge in [0.25, 0.3) is 10.0 Å². The molecule has 3 rings (SSSR count). The van der Waals surface area contributed by atoms with Crippen molar-refractivity contribution in [2.75, 3.05) is 10.8 Å². The fraction of sp³-hybridized carbons (Fsp3) is 0.333. The molecule has 0 bridgehead atoms. The van der Waals surface area contributed by atoms with Gasteiger partial charge in [0.1, 0.15) is 12.6 Å². The Bertz CT molecular complexity index is 1420. The Morgan fingerprint density at radius 1 is 0.950 bits per heavy atom. The molecule has 0 aliphatic rings. The average molecular weight is 649 g/mol. The van der Waals surface area contributed by atoms with Gasteiger partial charge < -0.3 is 10.2 Å². The summed E-state index contributed by atoms with van der Waals surface area (Å²) in [7, 11) is -4.13. The van der Waals surface area contributed by atoms with Gasteiger partial charge in [0.15, 0.2) is 0 Å². The fourth-order valence-corrected chi connectivity index (χ4v) is 6.02. The standard InChI is InChI=1S/C30H35BrClN3O4S/c1-5-22(4)33-30(37)28(6-2)34(19-23-9-7-8-10-27(23)32)29(36)20-35(25-15-13-24(31)14-16-25)40(38,39)26-17-11-21(3)12-18-26/h7-18,22,28H,5-6,19-20H2,1-4H3,(H,33,37)/t22-,28+/m0/s1. The molecule has 7 nitrogen and oxygen atoms in total. The molecule has 2 atom stereocenters. The van der Waals surface area contributed by atoms with Crippen molar-refractivity contribution in [3.63, 3.8) is 0 Å². The second-order valence-corrected chi connectivity index (χ2v) is 12.8. The number of hydrogen-bond donors (Lipinski definition) is 1. The lowest BCUT2D eigenvalue weighted by Crippen LogP contribution is -2.53. The van der Waals surface area contributed by atoms with E-state index in [1.54, 1.807) is 60.7 Å². The highest BCUT2D eigenvalue weighted by Crippen LogP contribution is 2.27. The van der Waals surface area contributed by atoms with Crippen LogP contribution in [0.25, 0.3) is 0 Å². The van der Waals surface area contributed by atoms with Crippen molar-refractivity contribution in [3.8, 4) is 0 Å². The molecule has 3 aromatic carbocycles. The third-order valence-electron chi connectivity index (χ3n) is 6.69. The minimum atomic E-state index is -4.13. The Balaban J connectivity index is 2.06. The number of amides is 2. The summed E-state index contributed by atoms with van der Waals surface area (Å²) in [5, 5.41) is 3.42. The van der Waals surface area contributed by atoms with Crippen molar-refractivity contribution >= 4 is 55.1 Å². The Morgan fingerprint density at radius 3 is 2.15 bits per heavy atom. The quantitative estimate of drug-likeness (QED) is 0.249. The maximum atomic E-state index is 14.1. The molecule has 1 N–H and O–H groups in total. The summed E-state index contributed by atoms with van der Waals surface area (Å²) in [4.78, 5) is 28.9. The number of hydrogen-bond acceptors (Lipinski definition) is 4. The predicted molar refractivity (Wildman–Crippen MR) is 164 cm³/mol. The van der Waals surface area contributed by atoms with Crippen molar-refractivity contribution < 1.29 is 18.0 Å². The van der Waals surface area contributed by atoms with Gasteiger partial charge in [-0.1, -0.05) is 77.3 Å². The van der Waals surface area contributed by atoms with E-state index in [1.165, 1.54) is 17.0 Å². The summed E-state index contributed by atoms with van der Waals surface area (Å²) in [6, 6.07) is 19.4. The Hall–Kier alpha value is -2.88. The third-order valence-corrected chi connectivity index (χ3v) is 9.37. The Labute approximate surface area is 250 Å². The Kier molecular flexibility index (Phi) is 11.2. The summed E-state index contributed by atoms with van der Waals surface area (Å²) in [5.41, 5.74) is 1.89. The summed E-state index contributed by atoms with van der Waals surface area (Å²) < 4.78 is 29.7. The monoisotopic (exact) mass is 647 g/mol. The summed E-state index contributed by atoms with van der Waals surface area (Å²) in [6.07, 6.45) is 1.06. The molecule has 214 valence electrons. The van der Waals surface area contributed by atoms with Crippen LogP contribution in [0.3, 0.4) is 0 Å². The van der Waals surface area contributed by atoms with Crippen LogP contribution in [0, 0.1) is 6.92 Å². The van der Waals surface area contributed by atoms with E-state index >= 15 is 0 Å². The highest BCUT2D eigenvalue weighted by atomic mass is 79.9. The molecule has 0 aliphatic heterocycles. The zero-order chi connectivity index (χ0) is 29.4. The zero-order valence-corrected chi connectivity index (χ0v) is 26.3. The number of nitrogens with one attached hydrogen (secondary N) is 1. The highest BCUT2D eigenvalue weighted by molar-refractivity contribution is 9.10. The van der Waals surface area contributed by atoms with Crippen molar-refractivity contribution in [3.05, 3.63) is 93.4 Å². The molecule has 3 aromatic rings. The first-order valence-electron chi connectivity index (χ1n) is 13.2. The molecule has 0 aliphatic carbocycles. The Morgan fingerprint density at radius 2 is 1.57 bits per heavy atom. The van der Waals surface area contributed by atoms with E-state index in [-0.39, 0.29) is 23.4 Å². The molecule has 0 spiro atoms. The lowest BCUT2D eigenvalue weighted by Gasteiger charge is -2.34. The van der Waals surface area contributed by atoms with Gasteiger partial charge in [0, 0.05) is 22.1 Å². The second-order valence-electron chi connectivity index (χ2n) is 9.66. The highest BCUT2D eigenvalue weighted by Gasteiger charge is 2.34. The molecule has 0 unspecified atom stereocenters. The van der Waals surface area contributed by atoms with Crippen LogP contribution in [-0.2, 0) is 26.2 Å². The van der Waals surface area contributed by atoms with Crippen molar-refractivity contribution in [2.24, 2.45) is 0 Å². The van der Waals surface area contributed by atoms with Crippen molar-refractivity contribution in [1.82, 2.24) is 10.2 Å². The van der Waals surface area contributed by atoms with Crippen LogP contribution in [0.2, 0.25) is 5.02 Å². The van der Waals surface area contributed by atoms with Crippen LogP contribution in [0.4, 0.5) is 5.69 Å². The van der Waals surface area contributed by atoms with Gasteiger partial charge in [-0.2, -0.15) is 0 Å². The first-order chi connectivity index (χ1) is 19.0. The number of benzene rings is 3. The normalized spacial score (nSPS) is 12.8. The number of carbonyl (C=O) groups excluding carboxylic acids is 2. The molecule has 0 aromatic heterocycles. The minimum absolute atomic E-state index is 0.0453. The molecule has 0 saturated heterocycles. The number of rotatable bonds is 12. The molecule has 0 fully saturated rings. The van der Waals surface area contributed by atoms with E-state index in [1.807, 2.05) is 27.7 Å². The van der Waals surface area contributed by atoms with E-state index < -0.39 is 28.5 Å². The first kappa shape index (κ1) is 31.6. The third kappa shape index (κ3) is 7.86. The number of aryl methyl sites for hydroxylation is 1. The topological polar surface area (TPSA) is 86.8 Å². The number of halogens is 2. The SMILES string of the molecule is CC[C@H](C(=O)N[C@@H](C)CC)N(Cc1ccccc1Cl)C(=O)CN(c1ccc(Br)cc1)S(=O)(=O)c1ccc(C)cc1. The molecule has 0 heterocycles. The first-order valence-corrected chi connectivity index (χ1v) is 15.8. The minimum Gasteiger partial charge on any atom is -0.352 e. The molecule has 0 radical (unpaired) electrons. The van der Waals surface area contributed by atoms with Gasteiger partial charge in [0.05, 0.1) is 10.6 Å². The molecule has 40 heavy (non-hydrogen) atoms. The van der Waals surface area contributed by atoms with Gasteiger partial charge >= 0.3 is 0 Å². The average Bonchev–Trinajstić information content (AvgIpc) is 2.93. The van der Waals surface area contributed by atoms with Crippen LogP contribution in [-0.4, -0.2) is 43.8 Å². The van der Waals surface area contributed by atoms with Gasteiger partial charge in [-0.25, -0.2) is 8.42 Å². The van der Waals surface area contributed by atoms with Crippen LogP contribution in [0.1, 0.15) is 44.7 Å². The van der Waals surface area contributed by atoms with Crippen LogP contribution in [0.5, 0.6) is 0 Å². The van der Waals surface area contributed by atoms with E-state index in [4.69, 9.17) is 11.6 Å². The maximum Gasteiger partial charge on any atom is 0.264 e. The largest absolute Gasteiger partial charge is 0.352 e. The van der Waals surface area contributed by atoms with Gasteiger partial charge in [-0.3, -0.25) is 13.9 Å². The predicted octanol–water partition coefficient (Wildman–Crippen LogP) is 6.33. The second kappa shape index (κ2) is 14.1. The van der Waals surface area contributed by atoms with Crippen LogP contribution < -0.4 is 9.62 Å². The summed E-state index contributed by atoms with van der Waals surface area (Å²) in [6.45, 7) is 7.09. The molecule has 0 saturated carbocycles. The van der Waals surface area contributed by atoms with E-state index in [2.05, 4.69) is 21.2 Å². The van der Waals surface area contributed by atoms with Crippen molar-refractivity contribution in [1.29, 1.82) is 0 Å². The molecule has 10 heteroatoms. The van der Waals surface area contributed by atoms with E-state index in [0.717, 1.165) is 20.8 Å². The van der Waals surface area contributed by atoms with E-state index in [9.17, 15) is 18.0 Å². The molecular formula is C30H35BrClN3O4S. The van der Waals surface area contributed by atoms with Gasteiger partial charge in [-0.15, -0.1) is 0 Å². The number of nitrogens with zero attached hydrogens (tertiary/aromatic N) is 2. The number of carbonyl (C=O) groups is 2. The lowest BCUT2D eigenvalue weighted by molar-refractivity contribution is -0.140. The number of sulfonamides is 1. The number of anilines is 1. The summed E-state index contributed by atoms with van der Waals surface area (Å²) >= 11 is 9.83. The van der Waals surface area contributed by atoms with Gasteiger partial charge in [-0.05, 0) is 74.7 Å². The smallest absolute Gasteiger partial charge is 0.264 e. The van der Waals surface area contributed by atoms with Crippen LogP contribution in [0.15, 0.2) is 82.2 Å². The maximum absolute atomic E-state index is 14.1.